The second-order valence-electron chi connectivity index (χ2n) is 4.60. The maximum atomic E-state index is 11.6. The van der Waals surface area contributed by atoms with Crippen molar-refractivity contribution in [2.45, 2.75) is 19.3 Å². The van der Waals surface area contributed by atoms with Crippen LogP contribution in [-0.4, -0.2) is 54.3 Å². The predicted molar refractivity (Wildman–Crippen MR) is 60.1 cm³/mol. The van der Waals surface area contributed by atoms with Gasteiger partial charge in [0.15, 0.2) is 0 Å². The number of carbonyl (C=O) groups is 3. The van der Waals surface area contributed by atoms with Crippen molar-refractivity contribution in [3.63, 3.8) is 0 Å². The lowest BCUT2D eigenvalue weighted by Gasteiger charge is -2.24. The topological polar surface area (TPSA) is 69.7 Å². The summed E-state index contributed by atoms with van der Waals surface area (Å²) in [5.41, 5.74) is 0. The Morgan fingerprint density at radius 1 is 1.29 bits per heavy atom. The summed E-state index contributed by atoms with van der Waals surface area (Å²) in [6.07, 6.45) is 3.02. The molecule has 2 aliphatic rings. The smallest absolute Gasteiger partial charge is 0.316 e. The molecule has 0 saturated carbocycles. The molecule has 0 bridgehead atoms. The van der Waals surface area contributed by atoms with Crippen LogP contribution >= 0.6 is 0 Å². The number of piperidine rings is 1. The SMILES string of the molecule is CN1C(=O)C(=O)N(CCC2CCCNC2)C1=O. The van der Waals surface area contributed by atoms with E-state index < -0.39 is 17.8 Å². The van der Waals surface area contributed by atoms with Crippen LogP contribution < -0.4 is 5.32 Å². The fourth-order valence-corrected chi connectivity index (χ4v) is 2.29. The number of urea groups is 1. The molecule has 1 unspecified atom stereocenters. The molecule has 0 radical (unpaired) electrons. The zero-order valence-corrected chi connectivity index (χ0v) is 9.94. The normalized spacial score (nSPS) is 25.9. The molecule has 2 rings (SSSR count). The zero-order valence-electron chi connectivity index (χ0n) is 9.94. The van der Waals surface area contributed by atoms with Crippen LogP contribution in [0.4, 0.5) is 4.79 Å². The lowest BCUT2D eigenvalue weighted by atomic mass is 9.96. The predicted octanol–water partition coefficient (Wildman–Crippen LogP) is -0.203. The summed E-state index contributed by atoms with van der Waals surface area (Å²) in [5, 5.41) is 3.28. The molecule has 4 amide bonds. The van der Waals surface area contributed by atoms with Crippen molar-refractivity contribution in [3.05, 3.63) is 0 Å². The van der Waals surface area contributed by atoms with Gasteiger partial charge >= 0.3 is 17.8 Å². The Bertz CT molecular complexity index is 350. The number of rotatable bonds is 3. The van der Waals surface area contributed by atoms with Gasteiger partial charge in [0.25, 0.3) is 0 Å². The van der Waals surface area contributed by atoms with Crippen LogP contribution in [0.2, 0.25) is 0 Å². The molecule has 0 aromatic heterocycles. The van der Waals surface area contributed by atoms with E-state index in [0.29, 0.717) is 12.5 Å². The van der Waals surface area contributed by atoms with Gasteiger partial charge in [0.05, 0.1) is 0 Å². The number of imide groups is 2. The minimum Gasteiger partial charge on any atom is -0.316 e. The van der Waals surface area contributed by atoms with E-state index in [1.807, 2.05) is 0 Å². The summed E-state index contributed by atoms with van der Waals surface area (Å²) in [7, 11) is 1.34. The first-order valence-corrected chi connectivity index (χ1v) is 5.95. The quantitative estimate of drug-likeness (QED) is 0.547. The van der Waals surface area contributed by atoms with E-state index in [1.54, 1.807) is 0 Å². The van der Waals surface area contributed by atoms with Gasteiger partial charge in [-0.05, 0) is 38.3 Å². The van der Waals surface area contributed by atoms with Crippen molar-refractivity contribution in [2.24, 2.45) is 5.92 Å². The van der Waals surface area contributed by atoms with Crippen molar-refractivity contribution in [1.29, 1.82) is 0 Å². The standard InChI is InChI=1S/C11H17N3O3/c1-13-9(15)10(16)14(11(13)17)6-4-8-3-2-5-12-7-8/h8,12H,2-7H2,1H3. The monoisotopic (exact) mass is 239 g/mol. The summed E-state index contributed by atoms with van der Waals surface area (Å²) < 4.78 is 0. The molecule has 6 nitrogen and oxygen atoms in total. The first-order chi connectivity index (χ1) is 8.11. The molecule has 0 aromatic rings. The Morgan fingerprint density at radius 2 is 2.06 bits per heavy atom. The highest BCUT2D eigenvalue weighted by molar-refractivity contribution is 6.44. The number of nitrogens with zero attached hydrogens (tertiary/aromatic N) is 2. The molecule has 2 fully saturated rings. The molecule has 0 spiro atoms. The van der Waals surface area contributed by atoms with E-state index in [9.17, 15) is 14.4 Å². The van der Waals surface area contributed by atoms with Gasteiger partial charge in [0.1, 0.15) is 0 Å². The van der Waals surface area contributed by atoms with Crippen LogP contribution in [0, 0.1) is 5.92 Å². The molecule has 2 saturated heterocycles. The Hall–Kier alpha value is -1.43. The van der Waals surface area contributed by atoms with E-state index in [2.05, 4.69) is 5.32 Å². The lowest BCUT2D eigenvalue weighted by Crippen LogP contribution is -2.36. The third-order valence-electron chi connectivity index (χ3n) is 3.41. The molecule has 0 aliphatic carbocycles. The molecule has 1 atom stereocenters. The largest absolute Gasteiger partial charge is 0.333 e. The molecule has 0 aromatic carbocycles. The Labute approximate surface area is 99.9 Å². The Balaban J connectivity index is 1.88. The third-order valence-corrected chi connectivity index (χ3v) is 3.41. The summed E-state index contributed by atoms with van der Waals surface area (Å²) in [6.45, 7) is 2.32. The maximum Gasteiger partial charge on any atom is 0.333 e. The average Bonchev–Trinajstić information content (AvgIpc) is 2.54. The van der Waals surface area contributed by atoms with Gasteiger partial charge in [0.2, 0.25) is 0 Å². The second kappa shape index (κ2) is 4.83. The van der Waals surface area contributed by atoms with Crippen molar-refractivity contribution < 1.29 is 14.4 Å². The van der Waals surface area contributed by atoms with Crippen molar-refractivity contribution in [3.8, 4) is 0 Å². The van der Waals surface area contributed by atoms with E-state index >= 15 is 0 Å². The summed E-state index contributed by atoms with van der Waals surface area (Å²) in [6, 6.07) is -0.497. The molecule has 2 heterocycles. The number of nitrogens with one attached hydrogen (secondary N) is 1. The Kier molecular flexibility index (Phi) is 3.42. The van der Waals surface area contributed by atoms with Gasteiger partial charge in [-0.2, -0.15) is 0 Å². The molecule has 2 aliphatic heterocycles. The van der Waals surface area contributed by atoms with Crippen LogP contribution in [0.15, 0.2) is 0 Å². The minimum atomic E-state index is -0.725. The molecule has 94 valence electrons. The first-order valence-electron chi connectivity index (χ1n) is 5.95. The number of likely N-dealkylation sites (N-methyl/N-ethyl adjacent to an activating group) is 1. The van der Waals surface area contributed by atoms with Crippen LogP contribution in [0.1, 0.15) is 19.3 Å². The van der Waals surface area contributed by atoms with Gasteiger partial charge in [-0.1, -0.05) is 0 Å². The van der Waals surface area contributed by atoms with Crippen molar-refractivity contribution in [2.75, 3.05) is 26.7 Å². The van der Waals surface area contributed by atoms with Gasteiger partial charge in [-0.25, -0.2) is 4.79 Å². The molecular formula is C11H17N3O3. The Morgan fingerprint density at radius 3 is 2.59 bits per heavy atom. The first kappa shape index (κ1) is 12.0. The molecular weight excluding hydrogens is 222 g/mol. The van der Waals surface area contributed by atoms with Crippen molar-refractivity contribution in [1.82, 2.24) is 15.1 Å². The van der Waals surface area contributed by atoms with Gasteiger partial charge < -0.3 is 5.32 Å². The van der Waals surface area contributed by atoms with E-state index in [-0.39, 0.29) is 0 Å². The summed E-state index contributed by atoms with van der Waals surface area (Å²) >= 11 is 0. The second-order valence-corrected chi connectivity index (χ2v) is 4.60. The average molecular weight is 239 g/mol. The maximum absolute atomic E-state index is 11.6. The van der Waals surface area contributed by atoms with Gasteiger partial charge in [-0.3, -0.25) is 19.4 Å². The van der Waals surface area contributed by atoms with E-state index in [1.165, 1.54) is 7.05 Å². The van der Waals surface area contributed by atoms with Crippen LogP contribution in [0.3, 0.4) is 0 Å². The molecule has 17 heavy (non-hydrogen) atoms. The van der Waals surface area contributed by atoms with Crippen LogP contribution in [0.25, 0.3) is 0 Å². The highest BCUT2D eigenvalue weighted by Crippen LogP contribution is 2.17. The number of hydrogen-bond acceptors (Lipinski definition) is 4. The third kappa shape index (κ3) is 2.31. The molecule has 6 heteroatoms. The van der Waals surface area contributed by atoms with Gasteiger partial charge in [-0.15, -0.1) is 0 Å². The molecule has 1 N–H and O–H groups in total. The minimum absolute atomic E-state index is 0.347. The zero-order chi connectivity index (χ0) is 12.4. The van der Waals surface area contributed by atoms with Crippen molar-refractivity contribution >= 4 is 17.8 Å². The highest BCUT2D eigenvalue weighted by Gasteiger charge is 2.41. The number of amides is 4. The van der Waals surface area contributed by atoms with Gasteiger partial charge in [0, 0.05) is 13.6 Å². The van der Waals surface area contributed by atoms with Crippen LogP contribution in [-0.2, 0) is 9.59 Å². The fourth-order valence-electron chi connectivity index (χ4n) is 2.29. The number of carbonyl (C=O) groups excluding carboxylic acids is 3. The summed E-state index contributed by atoms with van der Waals surface area (Å²) in [5.74, 6) is -0.927. The van der Waals surface area contributed by atoms with E-state index in [4.69, 9.17) is 0 Å². The lowest BCUT2D eigenvalue weighted by molar-refractivity contribution is -0.142. The van der Waals surface area contributed by atoms with Crippen LogP contribution in [0.5, 0.6) is 0 Å². The number of hydrogen-bond donors (Lipinski definition) is 1. The highest BCUT2D eigenvalue weighted by atomic mass is 16.2. The summed E-state index contributed by atoms with van der Waals surface area (Å²) in [4.78, 5) is 36.3. The fraction of sp³-hybridized carbons (Fsp3) is 0.727. The van der Waals surface area contributed by atoms with E-state index in [0.717, 1.165) is 42.2 Å².